The van der Waals surface area contributed by atoms with E-state index in [9.17, 15) is 0 Å². The van der Waals surface area contributed by atoms with Crippen LogP contribution in [0.3, 0.4) is 0 Å². The number of hydrogen-bond donors (Lipinski definition) is 0. The van der Waals surface area contributed by atoms with E-state index in [0.717, 1.165) is 6.42 Å². The zero-order valence-electron chi connectivity index (χ0n) is 15.4. The fourth-order valence-corrected chi connectivity index (χ4v) is 5.03. The Hall–Kier alpha value is -2.54. The van der Waals surface area contributed by atoms with Gasteiger partial charge in [0, 0.05) is 24.7 Å². The smallest absolute Gasteiger partial charge is 0.0402 e. The maximum Gasteiger partial charge on any atom is 0.0402 e. The van der Waals surface area contributed by atoms with Crippen LogP contribution >= 0.6 is 0 Å². The van der Waals surface area contributed by atoms with Crippen molar-refractivity contribution in [3.63, 3.8) is 0 Å². The number of nitrogens with zero attached hydrogens (tertiary/aromatic N) is 1. The summed E-state index contributed by atoms with van der Waals surface area (Å²) in [5, 5.41) is 2.64. The van der Waals surface area contributed by atoms with Crippen LogP contribution in [0.1, 0.15) is 37.2 Å². The van der Waals surface area contributed by atoms with Crippen molar-refractivity contribution in [2.75, 3.05) is 11.9 Å². The van der Waals surface area contributed by atoms with E-state index in [2.05, 4.69) is 84.8 Å². The summed E-state index contributed by atoms with van der Waals surface area (Å²) in [7, 11) is 2.28. The molecule has 1 fully saturated rings. The Labute approximate surface area is 155 Å². The molecule has 1 saturated carbocycles. The monoisotopic (exact) mass is 339 g/mol. The van der Waals surface area contributed by atoms with E-state index in [4.69, 9.17) is 0 Å². The first-order valence-electron chi connectivity index (χ1n) is 9.80. The van der Waals surface area contributed by atoms with E-state index in [1.165, 1.54) is 46.5 Å². The molecule has 0 radical (unpaired) electrons. The van der Waals surface area contributed by atoms with Gasteiger partial charge >= 0.3 is 0 Å². The van der Waals surface area contributed by atoms with E-state index < -0.39 is 0 Å². The topological polar surface area (TPSA) is 3.24 Å². The molecule has 0 spiro atoms. The van der Waals surface area contributed by atoms with Gasteiger partial charge in [-0.15, -0.1) is 0 Å². The van der Waals surface area contributed by atoms with E-state index in [1.807, 2.05) is 0 Å². The molecule has 0 N–H and O–H groups in total. The summed E-state index contributed by atoms with van der Waals surface area (Å²) in [5.74, 6) is 0.667. The second-order valence-electron chi connectivity index (χ2n) is 7.77. The molecule has 26 heavy (non-hydrogen) atoms. The number of likely N-dealkylation sites (N-methyl/N-ethyl adjacent to an activating group) is 1. The van der Waals surface area contributed by atoms with Crippen LogP contribution < -0.4 is 15.3 Å². The van der Waals surface area contributed by atoms with Gasteiger partial charge in [-0.3, -0.25) is 0 Å². The number of para-hydroxylation sites is 1. The molecular formula is C25H25N. The predicted molar refractivity (Wildman–Crippen MR) is 111 cm³/mol. The highest BCUT2D eigenvalue weighted by Gasteiger charge is 2.36. The van der Waals surface area contributed by atoms with Crippen molar-refractivity contribution < 1.29 is 0 Å². The molecule has 3 aliphatic rings. The average Bonchev–Trinajstić information content (AvgIpc) is 2.91. The van der Waals surface area contributed by atoms with Crippen molar-refractivity contribution in [3.05, 3.63) is 87.8 Å². The number of anilines is 1. The standard InChI is InChI=1S/C25H25N/c1-26-24-9-5-4-8-22(24)23-16-14-20-12-10-18-6-2-3-7-19(18)11-13-21(20)15-17-25(23)26/h2-13,23,25H,14-17H2,1H3/b12-10?,13-11?,18-10-,19-11-,20-12-,21-13-,21-20?. The highest BCUT2D eigenvalue weighted by Crippen LogP contribution is 2.46. The van der Waals surface area contributed by atoms with Crippen LogP contribution in [0.4, 0.5) is 5.69 Å². The molecule has 2 aliphatic carbocycles. The van der Waals surface area contributed by atoms with Crippen LogP contribution in [0.25, 0.3) is 12.2 Å². The van der Waals surface area contributed by atoms with Gasteiger partial charge in [0.1, 0.15) is 0 Å². The van der Waals surface area contributed by atoms with Crippen molar-refractivity contribution >= 4 is 17.8 Å². The maximum absolute atomic E-state index is 2.53. The normalized spacial score (nSPS) is 30.6. The predicted octanol–water partition coefficient (Wildman–Crippen LogP) is 4.29. The molecule has 1 heteroatoms. The van der Waals surface area contributed by atoms with Crippen LogP contribution in [-0.4, -0.2) is 13.1 Å². The number of benzene rings is 2. The summed E-state index contributed by atoms with van der Waals surface area (Å²) in [4.78, 5) is 2.53. The molecule has 1 aliphatic heterocycles. The fraction of sp³-hybridized carbons (Fsp3) is 0.280. The highest BCUT2D eigenvalue weighted by atomic mass is 15.2. The molecule has 2 atom stereocenters. The zero-order valence-corrected chi connectivity index (χ0v) is 15.4. The minimum atomic E-state index is 0.636. The summed E-state index contributed by atoms with van der Waals surface area (Å²) in [6, 6.07) is 18.3. The SMILES string of the molecule is CN1c2ccccc2C2CCC3=C/C=c4/cccc/c4=C/C=C\3CCC21. The molecule has 0 amide bonds. The van der Waals surface area contributed by atoms with Gasteiger partial charge in [-0.2, -0.15) is 0 Å². The number of allylic oxidation sites excluding steroid dienone is 4. The van der Waals surface area contributed by atoms with Crippen molar-refractivity contribution in [2.24, 2.45) is 0 Å². The van der Waals surface area contributed by atoms with E-state index in [0.29, 0.717) is 12.0 Å². The lowest BCUT2D eigenvalue weighted by atomic mass is 9.80. The van der Waals surface area contributed by atoms with Crippen molar-refractivity contribution in [2.45, 2.75) is 37.6 Å². The number of hydrogen-bond acceptors (Lipinski definition) is 1. The Balaban J connectivity index is 1.53. The lowest BCUT2D eigenvalue weighted by Crippen LogP contribution is -2.31. The van der Waals surface area contributed by atoms with Crippen LogP contribution in [0.5, 0.6) is 0 Å². The van der Waals surface area contributed by atoms with Crippen LogP contribution in [0.2, 0.25) is 0 Å². The third-order valence-electron chi connectivity index (χ3n) is 6.45. The molecule has 2 unspecified atom stereocenters. The molecule has 1 heterocycles. The van der Waals surface area contributed by atoms with Gasteiger partial charge in [0.2, 0.25) is 0 Å². The zero-order chi connectivity index (χ0) is 17.5. The molecule has 1 nitrogen and oxygen atoms in total. The Morgan fingerprint density at radius 1 is 0.731 bits per heavy atom. The van der Waals surface area contributed by atoms with Gasteiger partial charge in [0.25, 0.3) is 0 Å². The molecule has 0 aromatic heterocycles. The molecular weight excluding hydrogens is 314 g/mol. The van der Waals surface area contributed by atoms with Gasteiger partial charge in [-0.25, -0.2) is 0 Å². The molecule has 2 aromatic carbocycles. The Kier molecular flexibility index (Phi) is 3.81. The lowest BCUT2D eigenvalue weighted by Gasteiger charge is -2.30. The van der Waals surface area contributed by atoms with Crippen LogP contribution in [0.15, 0.2) is 71.8 Å². The summed E-state index contributed by atoms with van der Waals surface area (Å²) < 4.78 is 0. The quantitative estimate of drug-likeness (QED) is 0.692. The van der Waals surface area contributed by atoms with Crippen LogP contribution in [-0.2, 0) is 0 Å². The Bertz CT molecular complexity index is 1020. The van der Waals surface area contributed by atoms with E-state index in [1.54, 1.807) is 5.56 Å². The van der Waals surface area contributed by atoms with Crippen molar-refractivity contribution in [1.29, 1.82) is 0 Å². The minimum absolute atomic E-state index is 0.636. The first-order valence-corrected chi connectivity index (χ1v) is 9.80. The minimum Gasteiger partial charge on any atom is -0.371 e. The summed E-state index contributed by atoms with van der Waals surface area (Å²) in [6.45, 7) is 0. The van der Waals surface area contributed by atoms with E-state index >= 15 is 0 Å². The first-order chi connectivity index (χ1) is 12.8. The van der Waals surface area contributed by atoms with Gasteiger partial charge in [0.15, 0.2) is 0 Å². The van der Waals surface area contributed by atoms with Gasteiger partial charge in [-0.1, -0.05) is 66.8 Å². The Morgan fingerprint density at radius 3 is 2.08 bits per heavy atom. The van der Waals surface area contributed by atoms with Gasteiger partial charge < -0.3 is 4.90 Å². The largest absolute Gasteiger partial charge is 0.371 e. The van der Waals surface area contributed by atoms with Gasteiger partial charge in [0.05, 0.1) is 0 Å². The van der Waals surface area contributed by atoms with Crippen LogP contribution in [0, 0.1) is 0 Å². The second-order valence-corrected chi connectivity index (χ2v) is 7.77. The molecule has 5 rings (SSSR count). The summed E-state index contributed by atoms with van der Waals surface area (Å²) >= 11 is 0. The molecule has 2 aromatic rings. The Morgan fingerprint density at radius 2 is 1.35 bits per heavy atom. The van der Waals surface area contributed by atoms with Crippen molar-refractivity contribution in [1.82, 2.24) is 0 Å². The molecule has 130 valence electrons. The third kappa shape index (κ3) is 2.54. The van der Waals surface area contributed by atoms with Gasteiger partial charge in [-0.05, 0) is 58.9 Å². The fourth-order valence-electron chi connectivity index (χ4n) is 5.03. The molecule has 0 bridgehead atoms. The number of rotatable bonds is 0. The summed E-state index contributed by atoms with van der Waals surface area (Å²) in [5.41, 5.74) is 6.05. The lowest BCUT2D eigenvalue weighted by molar-refractivity contribution is 0.472. The number of fused-ring (bicyclic) bond motifs is 5. The second kappa shape index (κ2) is 6.32. The molecule has 0 saturated heterocycles. The third-order valence-corrected chi connectivity index (χ3v) is 6.45. The summed E-state index contributed by atoms with van der Waals surface area (Å²) in [6.07, 6.45) is 14.2. The van der Waals surface area contributed by atoms with E-state index in [-0.39, 0.29) is 0 Å². The van der Waals surface area contributed by atoms with Crippen molar-refractivity contribution in [3.8, 4) is 0 Å². The average molecular weight is 339 g/mol. The maximum atomic E-state index is 2.53. The highest BCUT2D eigenvalue weighted by molar-refractivity contribution is 5.62. The first kappa shape index (κ1) is 15.7.